The normalized spacial score (nSPS) is 24.8. The van der Waals surface area contributed by atoms with Gasteiger partial charge in [0.1, 0.15) is 5.75 Å². The second kappa shape index (κ2) is 5.65. The van der Waals surface area contributed by atoms with Gasteiger partial charge in [-0.25, -0.2) is 0 Å². The zero-order valence-corrected chi connectivity index (χ0v) is 11.1. The monoisotopic (exact) mass is 253 g/mol. The quantitative estimate of drug-likeness (QED) is 0.888. The Labute approximate surface area is 105 Å². The Kier molecular flexibility index (Phi) is 4.18. The van der Waals surface area contributed by atoms with Crippen molar-refractivity contribution in [1.82, 2.24) is 5.32 Å². The van der Waals surface area contributed by atoms with E-state index in [1.165, 1.54) is 5.56 Å². The molecule has 1 aliphatic heterocycles. The van der Waals surface area contributed by atoms with E-state index in [1.54, 1.807) is 6.26 Å². The van der Waals surface area contributed by atoms with Crippen LogP contribution in [0, 0.1) is 5.92 Å². The van der Waals surface area contributed by atoms with Crippen molar-refractivity contribution in [2.45, 2.75) is 13.0 Å². The Balaban J connectivity index is 2.07. The zero-order valence-electron chi connectivity index (χ0n) is 10.3. The fourth-order valence-corrected chi connectivity index (χ4v) is 2.57. The lowest BCUT2D eigenvalue weighted by Crippen LogP contribution is -2.35. The number of para-hydroxylation sites is 1. The van der Waals surface area contributed by atoms with E-state index < -0.39 is 10.8 Å². The Hall–Kier alpha value is -0.870. The van der Waals surface area contributed by atoms with Crippen LogP contribution in [0.1, 0.15) is 18.5 Å². The zero-order chi connectivity index (χ0) is 12.3. The maximum absolute atomic E-state index is 11.1. The van der Waals surface area contributed by atoms with E-state index in [9.17, 15) is 4.21 Å². The summed E-state index contributed by atoms with van der Waals surface area (Å²) in [6.07, 6.45) is 1.74. The topological polar surface area (TPSA) is 38.3 Å². The molecule has 0 amide bonds. The standard InChI is InChI=1S/C13H19NO2S/c1-10-9-16-12-6-4-3-5-11(12)13(10)14-7-8-17(2)15/h3-6,10,13-14H,7-9H2,1-2H3. The molecule has 3 nitrogen and oxygen atoms in total. The molecular formula is C13H19NO2S. The second-order valence-electron chi connectivity index (χ2n) is 4.54. The molecule has 0 radical (unpaired) electrons. The van der Waals surface area contributed by atoms with Crippen molar-refractivity contribution in [3.8, 4) is 5.75 Å². The van der Waals surface area contributed by atoms with Crippen molar-refractivity contribution in [2.75, 3.05) is 25.2 Å². The van der Waals surface area contributed by atoms with Crippen LogP contribution in [-0.4, -0.2) is 29.4 Å². The van der Waals surface area contributed by atoms with Crippen molar-refractivity contribution >= 4 is 10.8 Å². The van der Waals surface area contributed by atoms with Crippen LogP contribution in [0.25, 0.3) is 0 Å². The fraction of sp³-hybridized carbons (Fsp3) is 0.538. The van der Waals surface area contributed by atoms with Gasteiger partial charge in [0.25, 0.3) is 0 Å². The van der Waals surface area contributed by atoms with E-state index in [0.717, 1.165) is 18.9 Å². The predicted molar refractivity (Wildman–Crippen MR) is 70.8 cm³/mol. The summed E-state index contributed by atoms with van der Waals surface area (Å²) in [5.74, 6) is 2.11. The van der Waals surface area contributed by atoms with Gasteiger partial charge in [-0.15, -0.1) is 0 Å². The lowest BCUT2D eigenvalue weighted by atomic mass is 9.92. The van der Waals surface area contributed by atoms with Gasteiger partial charge in [-0.3, -0.25) is 4.21 Å². The number of hydrogen-bond donors (Lipinski definition) is 1. The molecule has 0 saturated carbocycles. The minimum absolute atomic E-state index is 0.309. The third-order valence-electron chi connectivity index (χ3n) is 3.08. The first-order chi connectivity index (χ1) is 8.18. The van der Waals surface area contributed by atoms with Crippen LogP contribution in [0.3, 0.4) is 0 Å². The first kappa shape index (κ1) is 12.6. The van der Waals surface area contributed by atoms with Crippen LogP contribution in [-0.2, 0) is 10.8 Å². The number of hydrogen-bond acceptors (Lipinski definition) is 3. The summed E-state index contributed by atoms with van der Waals surface area (Å²) >= 11 is 0. The van der Waals surface area contributed by atoms with Crippen LogP contribution in [0.4, 0.5) is 0 Å². The summed E-state index contributed by atoms with van der Waals surface area (Å²) in [5, 5.41) is 3.49. The summed E-state index contributed by atoms with van der Waals surface area (Å²) in [4.78, 5) is 0. The maximum Gasteiger partial charge on any atom is 0.124 e. The highest BCUT2D eigenvalue weighted by Crippen LogP contribution is 2.34. The molecule has 0 bridgehead atoms. The molecule has 1 heterocycles. The van der Waals surface area contributed by atoms with Gasteiger partial charge in [-0.05, 0) is 6.07 Å². The van der Waals surface area contributed by atoms with Crippen molar-refractivity contribution in [2.24, 2.45) is 5.92 Å². The third-order valence-corrected chi connectivity index (χ3v) is 3.86. The predicted octanol–water partition coefficient (Wildman–Crippen LogP) is 1.72. The average Bonchev–Trinajstić information content (AvgIpc) is 2.32. The summed E-state index contributed by atoms with van der Waals surface area (Å²) in [5.41, 5.74) is 1.22. The first-order valence-electron chi connectivity index (χ1n) is 5.93. The van der Waals surface area contributed by atoms with Crippen molar-refractivity contribution < 1.29 is 8.95 Å². The smallest absolute Gasteiger partial charge is 0.124 e. The number of nitrogens with one attached hydrogen (secondary N) is 1. The van der Waals surface area contributed by atoms with Gasteiger partial charge in [0, 0.05) is 46.9 Å². The molecule has 2 rings (SSSR count). The molecule has 0 aliphatic carbocycles. The highest BCUT2D eigenvalue weighted by atomic mass is 32.2. The SMILES string of the molecule is CC1COc2ccccc2C1NCCS(C)=O. The second-order valence-corrected chi connectivity index (χ2v) is 6.09. The maximum atomic E-state index is 11.1. The van der Waals surface area contributed by atoms with Crippen molar-refractivity contribution in [3.05, 3.63) is 29.8 Å². The van der Waals surface area contributed by atoms with Gasteiger partial charge in [0.15, 0.2) is 0 Å². The van der Waals surface area contributed by atoms with E-state index in [1.807, 2.05) is 18.2 Å². The summed E-state index contributed by atoms with van der Waals surface area (Å²) in [7, 11) is -0.733. The van der Waals surface area contributed by atoms with Gasteiger partial charge >= 0.3 is 0 Å². The lowest BCUT2D eigenvalue weighted by molar-refractivity contribution is 0.190. The Bertz CT molecular complexity index is 408. The van der Waals surface area contributed by atoms with Gasteiger partial charge in [0.05, 0.1) is 6.61 Å². The Morgan fingerprint density at radius 1 is 1.47 bits per heavy atom. The number of fused-ring (bicyclic) bond motifs is 1. The molecule has 1 N–H and O–H groups in total. The minimum atomic E-state index is -0.733. The fourth-order valence-electron chi connectivity index (χ4n) is 2.16. The Morgan fingerprint density at radius 3 is 3.00 bits per heavy atom. The molecule has 0 saturated heterocycles. The van der Waals surface area contributed by atoms with Gasteiger partial charge < -0.3 is 10.1 Å². The highest BCUT2D eigenvalue weighted by Gasteiger charge is 2.26. The van der Waals surface area contributed by atoms with Gasteiger partial charge in [-0.1, -0.05) is 25.1 Å². The Morgan fingerprint density at radius 2 is 2.24 bits per heavy atom. The van der Waals surface area contributed by atoms with E-state index in [0.29, 0.717) is 17.7 Å². The van der Waals surface area contributed by atoms with E-state index >= 15 is 0 Å². The van der Waals surface area contributed by atoms with Gasteiger partial charge in [-0.2, -0.15) is 0 Å². The van der Waals surface area contributed by atoms with Crippen LogP contribution in [0.5, 0.6) is 5.75 Å². The van der Waals surface area contributed by atoms with E-state index in [-0.39, 0.29) is 0 Å². The lowest BCUT2D eigenvalue weighted by Gasteiger charge is -2.32. The van der Waals surface area contributed by atoms with Crippen LogP contribution < -0.4 is 10.1 Å². The van der Waals surface area contributed by atoms with E-state index in [2.05, 4.69) is 18.3 Å². The summed E-state index contributed by atoms with van der Waals surface area (Å²) in [6, 6.07) is 8.45. The van der Waals surface area contributed by atoms with Gasteiger partial charge in [0.2, 0.25) is 0 Å². The molecule has 94 valence electrons. The van der Waals surface area contributed by atoms with Crippen LogP contribution >= 0.6 is 0 Å². The molecule has 0 spiro atoms. The molecule has 1 aliphatic rings. The molecule has 0 fully saturated rings. The summed E-state index contributed by atoms with van der Waals surface area (Å²) in [6.45, 7) is 3.70. The molecule has 17 heavy (non-hydrogen) atoms. The number of rotatable bonds is 4. The molecule has 0 aromatic heterocycles. The van der Waals surface area contributed by atoms with Crippen LogP contribution in [0.2, 0.25) is 0 Å². The number of ether oxygens (including phenoxy) is 1. The molecular weight excluding hydrogens is 234 g/mol. The van der Waals surface area contributed by atoms with E-state index in [4.69, 9.17) is 4.74 Å². The highest BCUT2D eigenvalue weighted by molar-refractivity contribution is 7.84. The van der Waals surface area contributed by atoms with Crippen molar-refractivity contribution in [3.63, 3.8) is 0 Å². The molecule has 1 aromatic rings. The van der Waals surface area contributed by atoms with Crippen molar-refractivity contribution in [1.29, 1.82) is 0 Å². The number of benzene rings is 1. The molecule has 4 heteroatoms. The average molecular weight is 253 g/mol. The molecule has 3 unspecified atom stereocenters. The summed E-state index contributed by atoms with van der Waals surface area (Å²) < 4.78 is 16.8. The third kappa shape index (κ3) is 3.07. The minimum Gasteiger partial charge on any atom is -0.493 e. The molecule has 1 aromatic carbocycles. The molecule has 3 atom stereocenters. The largest absolute Gasteiger partial charge is 0.493 e. The van der Waals surface area contributed by atoms with Crippen LogP contribution in [0.15, 0.2) is 24.3 Å². The first-order valence-corrected chi connectivity index (χ1v) is 7.66.